The van der Waals surface area contributed by atoms with Gasteiger partial charge >= 0.3 is 0 Å². The molecule has 0 saturated heterocycles. The number of hydrogen-bond acceptors (Lipinski definition) is 2. The van der Waals surface area contributed by atoms with Gasteiger partial charge < -0.3 is 5.73 Å². The van der Waals surface area contributed by atoms with Gasteiger partial charge in [-0.25, -0.2) is 0 Å². The fraction of sp³-hybridized carbons (Fsp3) is 0.111. The Bertz CT molecular complexity index is 768. The molecular weight excluding hydrogens is 260 g/mol. The van der Waals surface area contributed by atoms with E-state index >= 15 is 0 Å². The molecule has 21 heavy (non-hydrogen) atoms. The second-order valence-corrected chi connectivity index (χ2v) is 5.13. The van der Waals surface area contributed by atoms with E-state index in [1.807, 2.05) is 60.8 Å². The van der Waals surface area contributed by atoms with Crippen molar-refractivity contribution in [2.24, 2.45) is 5.73 Å². The minimum absolute atomic E-state index is 0.299. The summed E-state index contributed by atoms with van der Waals surface area (Å²) < 4.78 is 0. The largest absolute Gasteiger partial charge is 0.369 e. The first-order valence-corrected chi connectivity index (χ1v) is 6.91. The number of nitrogens with two attached hydrogens (primary N) is 1. The summed E-state index contributed by atoms with van der Waals surface area (Å²) in [4.78, 5) is 15.9. The quantitative estimate of drug-likeness (QED) is 0.796. The smallest absolute Gasteiger partial charge is 0.225 e. The molecule has 0 aliphatic carbocycles. The minimum atomic E-state index is -0.315. The van der Waals surface area contributed by atoms with Crippen LogP contribution < -0.4 is 5.73 Å². The molecule has 2 aromatic carbocycles. The Morgan fingerprint density at radius 3 is 2.62 bits per heavy atom. The van der Waals surface area contributed by atoms with Crippen LogP contribution >= 0.6 is 0 Å². The summed E-state index contributed by atoms with van der Waals surface area (Å²) in [6.07, 6.45) is 4.19. The summed E-state index contributed by atoms with van der Waals surface area (Å²) in [6.45, 7) is 0. The molecule has 2 N–H and O–H groups in total. The highest BCUT2D eigenvalue weighted by Gasteiger charge is 2.18. The van der Waals surface area contributed by atoms with Crippen LogP contribution in [-0.4, -0.2) is 10.9 Å². The molecule has 3 rings (SSSR count). The summed E-state index contributed by atoms with van der Waals surface area (Å²) in [6, 6.07) is 17.8. The number of carbonyl (C=O) groups is 1. The number of benzene rings is 2. The zero-order valence-corrected chi connectivity index (χ0v) is 11.6. The topological polar surface area (TPSA) is 56.0 Å². The molecule has 0 saturated carbocycles. The van der Waals surface area contributed by atoms with E-state index in [4.69, 9.17) is 5.73 Å². The molecule has 0 aliphatic heterocycles. The van der Waals surface area contributed by atoms with Gasteiger partial charge in [0.15, 0.2) is 0 Å². The van der Waals surface area contributed by atoms with Crippen molar-refractivity contribution in [2.45, 2.75) is 12.3 Å². The molecule has 0 aliphatic rings. The van der Waals surface area contributed by atoms with Gasteiger partial charge in [-0.2, -0.15) is 0 Å². The second kappa shape index (κ2) is 5.75. The average molecular weight is 276 g/mol. The van der Waals surface area contributed by atoms with E-state index in [9.17, 15) is 4.79 Å². The lowest BCUT2D eigenvalue weighted by molar-refractivity contribution is -0.119. The van der Waals surface area contributed by atoms with Crippen molar-refractivity contribution in [3.63, 3.8) is 0 Å². The van der Waals surface area contributed by atoms with Gasteiger partial charge in [0.25, 0.3) is 0 Å². The number of amides is 1. The molecule has 3 heteroatoms. The van der Waals surface area contributed by atoms with Crippen LogP contribution in [0.2, 0.25) is 0 Å². The molecule has 1 heterocycles. The molecule has 3 nitrogen and oxygen atoms in total. The maximum Gasteiger partial charge on any atom is 0.225 e. The van der Waals surface area contributed by atoms with Crippen molar-refractivity contribution in [1.29, 1.82) is 0 Å². The zero-order valence-electron chi connectivity index (χ0n) is 11.6. The maximum absolute atomic E-state index is 11.9. The lowest BCUT2D eigenvalue weighted by Crippen LogP contribution is -2.23. The summed E-state index contributed by atoms with van der Waals surface area (Å²) in [5.74, 6) is -0.614. The van der Waals surface area contributed by atoms with Gasteiger partial charge in [-0.05, 0) is 29.0 Å². The van der Waals surface area contributed by atoms with Crippen LogP contribution in [0.1, 0.15) is 17.0 Å². The standard InChI is InChI=1S/C18H16N2O/c19-18(21)17(10-13-4-2-1-3-5-13)15-6-7-16-12-20-9-8-14(16)11-15/h1-9,11-12,17H,10H2,(H2,19,21). The van der Waals surface area contributed by atoms with Crippen molar-refractivity contribution in [3.05, 3.63) is 78.1 Å². The predicted molar refractivity (Wildman–Crippen MR) is 83.8 cm³/mol. The van der Waals surface area contributed by atoms with E-state index in [2.05, 4.69) is 4.98 Å². The molecule has 1 aromatic heterocycles. The number of aromatic nitrogens is 1. The second-order valence-electron chi connectivity index (χ2n) is 5.13. The van der Waals surface area contributed by atoms with Gasteiger partial charge in [-0.15, -0.1) is 0 Å². The van der Waals surface area contributed by atoms with E-state index in [-0.39, 0.29) is 11.8 Å². The fourth-order valence-corrected chi connectivity index (χ4v) is 2.55. The number of nitrogens with zero attached hydrogens (tertiary/aromatic N) is 1. The molecule has 1 amide bonds. The van der Waals surface area contributed by atoms with E-state index in [0.717, 1.165) is 21.9 Å². The van der Waals surface area contributed by atoms with Crippen LogP contribution in [0.5, 0.6) is 0 Å². The number of primary amides is 1. The van der Waals surface area contributed by atoms with Gasteiger partial charge in [0.1, 0.15) is 0 Å². The molecule has 104 valence electrons. The van der Waals surface area contributed by atoms with Crippen LogP contribution in [-0.2, 0) is 11.2 Å². The van der Waals surface area contributed by atoms with Gasteiger partial charge in [-0.3, -0.25) is 9.78 Å². The van der Waals surface area contributed by atoms with Crippen molar-refractivity contribution in [1.82, 2.24) is 4.98 Å². The third-order valence-electron chi connectivity index (χ3n) is 3.69. The summed E-state index contributed by atoms with van der Waals surface area (Å²) in [5, 5.41) is 2.13. The molecule has 0 bridgehead atoms. The average Bonchev–Trinajstić information content (AvgIpc) is 2.53. The number of rotatable bonds is 4. The molecule has 0 spiro atoms. The van der Waals surface area contributed by atoms with Crippen LogP contribution in [0, 0.1) is 0 Å². The van der Waals surface area contributed by atoms with Gasteiger partial charge in [0, 0.05) is 17.8 Å². The van der Waals surface area contributed by atoms with Gasteiger partial charge in [0.05, 0.1) is 5.92 Å². The van der Waals surface area contributed by atoms with Crippen LogP contribution in [0.4, 0.5) is 0 Å². The number of fused-ring (bicyclic) bond motifs is 1. The lowest BCUT2D eigenvalue weighted by Gasteiger charge is -2.14. The molecule has 3 aromatic rings. The first-order valence-electron chi connectivity index (χ1n) is 6.91. The third-order valence-corrected chi connectivity index (χ3v) is 3.69. The highest BCUT2D eigenvalue weighted by atomic mass is 16.1. The van der Waals surface area contributed by atoms with Crippen molar-refractivity contribution >= 4 is 16.7 Å². The van der Waals surface area contributed by atoms with E-state index in [1.54, 1.807) is 6.20 Å². The number of pyridine rings is 1. The van der Waals surface area contributed by atoms with Crippen molar-refractivity contribution in [3.8, 4) is 0 Å². The predicted octanol–water partition coefficient (Wildman–Crippen LogP) is 3.05. The monoisotopic (exact) mass is 276 g/mol. The Morgan fingerprint density at radius 1 is 1.05 bits per heavy atom. The zero-order chi connectivity index (χ0) is 14.7. The Morgan fingerprint density at radius 2 is 1.86 bits per heavy atom. The first-order chi connectivity index (χ1) is 10.2. The van der Waals surface area contributed by atoms with E-state index in [1.165, 1.54) is 0 Å². The molecule has 1 atom stereocenters. The normalized spacial score (nSPS) is 12.2. The molecule has 1 unspecified atom stereocenters. The Labute approximate surface area is 123 Å². The van der Waals surface area contributed by atoms with Gasteiger partial charge in [-0.1, -0.05) is 48.5 Å². The summed E-state index contributed by atoms with van der Waals surface area (Å²) >= 11 is 0. The van der Waals surface area contributed by atoms with Crippen LogP contribution in [0.3, 0.4) is 0 Å². The SMILES string of the molecule is NC(=O)C(Cc1ccccc1)c1ccc2cnccc2c1. The lowest BCUT2D eigenvalue weighted by atomic mass is 9.90. The molecule has 0 radical (unpaired) electrons. The molecule has 0 fully saturated rings. The number of hydrogen-bond donors (Lipinski definition) is 1. The van der Waals surface area contributed by atoms with E-state index in [0.29, 0.717) is 6.42 Å². The summed E-state index contributed by atoms with van der Waals surface area (Å²) in [7, 11) is 0. The minimum Gasteiger partial charge on any atom is -0.369 e. The van der Waals surface area contributed by atoms with Crippen molar-refractivity contribution in [2.75, 3.05) is 0 Å². The third kappa shape index (κ3) is 2.92. The number of carbonyl (C=O) groups excluding carboxylic acids is 1. The van der Waals surface area contributed by atoms with Crippen molar-refractivity contribution < 1.29 is 4.79 Å². The highest BCUT2D eigenvalue weighted by Crippen LogP contribution is 2.24. The first kappa shape index (κ1) is 13.3. The summed E-state index contributed by atoms with van der Waals surface area (Å²) in [5.41, 5.74) is 7.67. The maximum atomic E-state index is 11.9. The Hall–Kier alpha value is -2.68. The molecular formula is C18H16N2O. The van der Waals surface area contributed by atoms with E-state index < -0.39 is 0 Å². The Kier molecular flexibility index (Phi) is 3.65. The fourth-order valence-electron chi connectivity index (χ4n) is 2.55. The Balaban J connectivity index is 1.97. The van der Waals surface area contributed by atoms with Crippen LogP contribution in [0.15, 0.2) is 67.0 Å². The van der Waals surface area contributed by atoms with Crippen LogP contribution in [0.25, 0.3) is 10.8 Å². The van der Waals surface area contributed by atoms with Gasteiger partial charge in [0.2, 0.25) is 5.91 Å². The highest BCUT2D eigenvalue weighted by molar-refractivity contribution is 5.86.